The predicted molar refractivity (Wildman–Crippen MR) is 68.7 cm³/mol. The number of rotatable bonds is 4. The van der Waals surface area contributed by atoms with Gasteiger partial charge in [-0.25, -0.2) is 0 Å². The van der Waals surface area contributed by atoms with Gasteiger partial charge in [-0.2, -0.15) is 0 Å². The van der Waals surface area contributed by atoms with Crippen LogP contribution >= 0.6 is 23.2 Å². The van der Waals surface area contributed by atoms with Crippen molar-refractivity contribution in [3.8, 4) is 0 Å². The number of carbonyl (C=O) groups excluding carboxylic acids is 1. The fraction of sp³-hybridized carbons (Fsp3) is 0.0833. The van der Waals surface area contributed by atoms with Gasteiger partial charge in [0, 0.05) is 12.6 Å². The Morgan fingerprint density at radius 3 is 2.88 bits per heavy atom. The average Bonchev–Trinajstić information content (AvgIpc) is 2.28. The van der Waals surface area contributed by atoms with Gasteiger partial charge in [-0.05, 0) is 17.7 Å². The van der Waals surface area contributed by atoms with Crippen LogP contribution in [0.1, 0.15) is 5.56 Å². The lowest BCUT2D eigenvalue weighted by molar-refractivity contribution is -0.116. The zero-order chi connectivity index (χ0) is 12.0. The molecule has 1 aromatic rings. The number of amides is 1. The van der Waals surface area contributed by atoms with Gasteiger partial charge in [0.05, 0.1) is 10.0 Å². The summed E-state index contributed by atoms with van der Waals surface area (Å²) in [5.74, 6) is -0.198. The Balaban J connectivity index is 2.72. The second-order valence-corrected chi connectivity index (χ2v) is 3.80. The minimum atomic E-state index is -0.198. The van der Waals surface area contributed by atoms with Crippen molar-refractivity contribution in [2.45, 2.75) is 0 Å². The lowest BCUT2D eigenvalue weighted by Crippen LogP contribution is -2.20. The van der Waals surface area contributed by atoms with Crippen LogP contribution < -0.4 is 5.32 Å². The summed E-state index contributed by atoms with van der Waals surface area (Å²) >= 11 is 11.8. The van der Waals surface area contributed by atoms with Gasteiger partial charge in [-0.1, -0.05) is 41.4 Å². The van der Waals surface area contributed by atoms with Crippen LogP contribution in [-0.4, -0.2) is 12.5 Å². The van der Waals surface area contributed by atoms with Gasteiger partial charge in [-0.15, -0.1) is 6.58 Å². The standard InChI is InChI=1S/C12H11Cl2NO/c1-2-8-15-11(16)7-6-9-4-3-5-10(13)12(9)14/h2-7H,1,8H2,(H,15,16). The molecule has 1 rings (SSSR count). The molecule has 16 heavy (non-hydrogen) atoms. The fourth-order valence-electron chi connectivity index (χ4n) is 1.05. The van der Waals surface area contributed by atoms with Crippen molar-refractivity contribution in [3.63, 3.8) is 0 Å². The highest BCUT2D eigenvalue weighted by molar-refractivity contribution is 6.42. The van der Waals surface area contributed by atoms with E-state index in [1.165, 1.54) is 6.08 Å². The van der Waals surface area contributed by atoms with Gasteiger partial charge < -0.3 is 5.32 Å². The quantitative estimate of drug-likeness (QED) is 0.649. The molecule has 0 fully saturated rings. The van der Waals surface area contributed by atoms with Crippen LogP contribution in [0.5, 0.6) is 0 Å². The van der Waals surface area contributed by atoms with Crippen LogP contribution in [0.3, 0.4) is 0 Å². The summed E-state index contributed by atoms with van der Waals surface area (Å²) in [6.45, 7) is 3.94. The highest BCUT2D eigenvalue weighted by Crippen LogP contribution is 2.26. The number of halogens is 2. The second kappa shape index (κ2) is 6.36. The Kier molecular flexibility index (Phi) is 5.09. The largest absolute Gasteiger partial charge is 0.349 e. The number of benzene rings is 1. The second-order valence-electron chi connectivity index (χ2n) is 3.01. The van der Waals surface area contributed by atoms with E-state index in [9.17, 15) is 4.79 Å². The maximum absolute atomic E-state index is 11.2. The van der Waals surface area contributed by atoms with Crippen molar-refractivity contribution >= 4 is 35.2 Å². The van der Waals surface area contributed by atoms with Crippen LogP contribution in [0.25, 0.3) is 6.08 Å². The van der Waals surface area contributed by atoms with Crippen molar-refractivity contribution in [1.29, 1.82) is 0 Å². The zero-order valence-corrected chi connectivity index (χ0v) is 10.1. The average molecular weight is 256 g/mol. The number of hydrogen-bond acceptors (Lipinski definition) is 1. The number of carbonyl (C=O) groups is 1. The monoisotopic (exact) mass is 255 g/mol. The summed E-state index contributed by atoms with van der Waals surface area (Å²) in [7, 11) is 0. The van der Waals surface area contributed by atoms with Crippen molar-refractivity contribution in [1.82, 2.24) is 5.32 Å². The van der Waals surface area contributed by atoms with E-state index in [0.29, 0.717) is 22.2 Å². The van der Waals surface area contributed by atoms with E-state index in [-0.39, 0.29) is 5.91 Å². The van der Waals surface area contributed by atoms with Crippen LogP contribution in [0.2, 0.25) is 10.0 Å². The predicted octanol–water partition coefficient (Wildman–Crippen LogP) is 3.31. The van der Waals surface area contributed by atoms with Crippen LogP contribution in [0.4, 0.5) is 0 Å². The summed E-state index contributed by atoms with van der Waals surface area (Å²) in [6.07, 6.45) is 4.63. The third-order valence-corrected chi connectivity index (χ3v) is 2.65. The Bertz CT molecular complexity index is 427. The molecule has 0 saturated heterocycles. The molecule has 1 aromatic carbocycles. The molecule has 0 saturated carbocycles. The maximum Gasteiger partial charge on any atom is 0.244 e. The molecule has 0 bridgehead atoms. The molecule has 0 unspecified atom stereocenters. The molecule has 0 spiro atoms. The first kappa shape index (κ1) is 12.8. The minimum Gasteiger partial charge on any atom is -0.349 e. The first-order valence-electron chi connectivity index (χ1n) is 4.66. The molecule has 0 aromatic heterocycles. The lowest BCUT2D eigenvalue weighted by Gasteiger charge is -2.00. The van der Waals surface area contributed by atoms with E-state index >= 15 is 0 Å². The molecule has 0 radical (unpaired) electrons. The molecule has 0 aliphatic heterocycles. The SMILES string of the molecule is C=CCNC(=O)C=Cc1cccc(Cl)c1Cl. The maximum atomic E-state index is 11.2. The summed E-state index contributed by atoms with van der Waals surface area (Å²) in [5.41, 5.74) is 0.711. The van der Waals surface area contributed by atoms with E-state index in [0.717, 1.165) is 0 Å². The van der Waals surface area contributed by atoms with Gasteiger partial charge in [0.15, 0.2) is 0 Å². The normalized spacial score (nSPS) is 10.4. The first-order valence-corrected chi connectivity index (χ1v) is 5.41. The van der Waals surface area contributed by atoms with Crippen LogP contribution in [-0.2, 0) is 4.79 Å². The van der Waals surface area contributed by atoms with Crippen molar-refractivity contribution in [2.75, 3.05) is 6.54 Å². The van der Waals surface area contributed by atoms with Crippen LogP contribution in [0.15, 0.2) is 36.9 Å². The van der Waals surface area contributed by atoms with Crippen molar-refractivity contribution < 1.29 is 4.79 Å². The van der Waals surface area contributed by atoms with E-state index < -0.39 is 0 Å². The van der Waals surface area contributed by atoms with Crippen LogP contribution in [0, 0.1) is 0 Å². The molecule has 0 heterocycles. The van der Waals surface area contributed by atoms with Crippen molar-refractivity contribution in [3.05, 3.63) is 52.5 Å². The third kappa shape index (κ3) is 3.72. The molecular weight excluding hydrogens is 245 g/mol. The molecule has 1 amide bonds. The highest BCUT2D eigenvalue weighted by atomic mass is 35.5. The third-order valence-electron chi connectivity index (χ3n) is 1.82. The zero-order valence-electron chi connectivity index (χ0n) is 8.54. The van der Waals surface area contributed by atoms with E-state index in [1.54, 1.807) is 30.4 Å². The Morgan fingerprint density at radius 1 is 1.44 bits per heavy atom. The van der Waals surface area contributed by atoms with Gasteiger partial charge in [0.1, 0.15) is 0 Å². The molecular formula is C12H11Cl2NO. The lowest BCUT2D eigenvalue weighted by atomic mass is 10.2. The molecule has 1 N–H and O–H groups in total. The van der Waals surface area contributed by atoms with E-state index in [2.05, 4.69) is 11.9 Å². The Hall–Kier alpha value is -1.25. The molecule has 4 heteroatoms. The summed E-state index contributed by atoms with van der Waals surface area (Å²) in [4.78, 5) is 11.2. The molecule has 0 aliphatic carbocycles. The van der Waals surface area contributed by atoms with Gasteiger partial charge in [0.2, 0.25) is 5.91 Å². The summed E-state index contributed by atoms with van der Waals surface area (Å²) in [5, 5.41) is 3.53. The number of nitrogens with one attached hydrogen (secondary N) is 1. The Morgan fingerprint density at radius 2 is 2.19 bits per heavy atom. The van der Waals surface area contributed by atoms with Gasteiger partial charge in [0.25, 0.3) is 0 Å². The fourth-order valence-corrected chi connectivity index (χ4v) is 1.42. The minimum absolute atomic E-state index is 0.198. The smallest absolute Gasteiger partial charge is 0.244 e. The summed E-state index contributed by atoms with van der Waals surface area (Å²) in [6, 6.07) is 5.25. The molecule has 0 atom stereocenters. The van der Waals surface area contributed by atoms with Gasteiger partial charge >= 0.3 is 0 Å². The topological polar surface area (TPSA) is 29.1 Å². The number of hydrogen-bond donors (Lipinski definition) is 1. The summed E-state index contributed by atoms with van der Waals surface area (Å²) < 4.78 is 0. The van der Waals surface area contributed by atoms with E-state index in [1.807, 2.05) is 0 Å². The molecule has 84 valence electrons. The highest BCUT2D eigenvalue weighted by Gasteiger charge is 2.01. The molecule has 0 aliphatic rings. The molecule has 2 nitrogen and oxygen atoms in total. The Labute approximate surface area is 105 Å². The van der Waals surface area contributed by atoms with Gasteiger partial charge in [-0.3, -0.25) is 4.79 Å². The first-order chi connectivity index (χ1) is 7.65. The van der Waals surface area contributed by atoms with E-state index in [4.69, 9.17) is 23.2 Å². The van der Waals surface area contributed by atoms with Crippen molar-refractivity contribution in [2.24, 2.45) is 0 Å².